The van der Waals surface area contributed by atoms with E-state index in [1.165, 1.54) is 13.1 Å². The molecule has 0 aliphatic rings. The molecule has 0 bridgehead atoms. The number of hydrogen-bond donors (Lipinski definition) is 3. The Morgan fingerprint density at radius 1 is 1.50 bits per heavy atom. The quantitative estimate of drug-likeness (QED) is 0.683. The van der Waals surface area contributed by atoms with E-state index in [2.05, 4.69) is 21.2 Å². The molecule has 0 unspecified atom stereocenters. The Hall–Kier alpha value is -0.940. The summed E-state index contributed by atoms with van der Waals surface area (Å²) in [6, 6.07) is 1.47. The van der Waals surface area contributed by atoms with E-state index < -0.39 is 0 Å². The fourth-order valence-corrected chi connectivity index (χ4v) is 1.52. The predicted octanol–water partition coefficient (Wildman–Crippen LogP) is 1.63. The number of nitrogens with one attached hydrogen (secondary N) is 1. The van der Waals surface area contributed by atoms with Crippen LogP contribution < -0.4 is 16.8 Å². The van der Waals surface area contributed by atoms with Gasteiger partial charge >= 0.3 is 0 Å². The molecule has 0 radical (unpaired) electrons. The number of nitrogens with two attached hydrogens (primary N) is 2. The van der Waals surface area contributed by atoms with E-state index in [9.17, 15) is 4.79 Å². The van der Waals surface area contributed by atoms with Crippen LogP contribution in [0.5, 0.6) is 0 Å². The number of rotatable bonds is 1. The van der Waals surface area contributed by atoms with Gasteiger partial charge in [0.15, 0.2) is 0 Å². The molecule has 0 fully saturated rings. The molecule has 4 nitrogen and oxygen atoms in total. The molecule has 0 spiro atoms. The van der Waals surface area contributed by atoms with Crippen molar-refractivity contribution < 1.29 is 4.79 Å². The highest BCUT2D eigenvalue weighted by Crippen LogP contribution is 2.35. The Labute approximate surface area is 94.7 Å². The predicted molar refractivity (Wildman–Crippen MR) is 61.4 cm³/mol. The molecule has 14 heavy (non-hydrogen) atoms. The third-order valence-corrected chi connectivity index (χ3v) is 3.15. The second-order valence-corrected chi connectivity index (χ2v) is 3.83. The van der Waals surface area contributed by atoms with Gasteiger partial charge in [-0.05, 0) is 22.0 Å². The van der Waals surface area contributed by atoms with Crippen LogP contribution in [0.15, 0.2) is 10.5 Å². The summed E-state index contributed by atoms with van der Waals surface area (Å²) in [5.74, 6) is -0.316. The van der Waals surface area contributed by atoms with Gasteiger partial charge in [0.2, 0.25) is 0 Å². The van der Waals surface area contributed by atoms with E-state index in [-0.39, 0.29) is 22.8 Å². The minimum absolute atomic E-state index is 0.223. The molecule has 1 aromatic rings. The molecule has 6 heteroatoms. The molecule has 0 aliphatic heterocycles. The minimum Gasteiger partial charge on any atom is -0.396 e. The standard InChI is InChI=1S/C8H9BrClN3O/c1-13-8(14)3-2-4(10)5(9)7(12)6(3)11/h2H,11-12H2,1H3,(H,13,14). The zero-order valence-corrected chi connectivity index (χ0v) is 9.74. The highest BCUT2D eigenvalue weighted by molar-refractivity contribution is 9.10. The molecule has 0 aromatic heterocycles. The maximum atomic E-state index is 11.3. The summed E-state index contributed by atoms with van der Waals surface area (Å²) in [7, 11) is 1.51. The Bertz CT molecular complexity index is 395. The summed E-state index contributed by atoms with van der Waals surface area (Å²) in [6.45, 7) is 0. The first-order valence-electron chi connectivity index (χ1n) is 3.74. The van der Waals surface area contributed by atoms with Crippen molar-refractivity contribution >= 4 is 44.8 Å². The number of carbonyl (C=O) groups is 1. The average molecular weight is 279 g/mol. The largest absolute Gasteiger partial charge is 0.396 e. The van der Waals surface area contributed by atoms with E-state index in [0.717, 1.165) is 0 Å². The van der Waals surface area contributed by atoms with Gasteiger partial charge in [-0.1, -0.05) is 11.6 Å². The summed E-state index contributed by atoms with van der Waals surface area (Å²) in [5.41, 5.74) is 12.1. The van der Waals surface area contributed by atoms with Gasteiger partial charge in [0, 0.05) is 7.05 Å². The highest BCUT2D eigenvalue weighted by Gasteiger charge is 2.15. The van der Waals surface area contributed by atoms with Crippen LogP contribution in [0.3, 0.4) is 0 Å². The van der Waals surface area contributed by atoms with Gasteiger partial charge in [0.1, 0.15) is 0 Å². The number of nitrogen functional groups attached to an aromatic ring is 2. The first-order chi connectivity index (χ1) is 6.49. The fraction of sp³-hybridized carbons (Fsp3) is 0.125. The maximum absolute atomic E-state index is 11.3. The van der Waals surface area contributed by atoms with Gasteiger partial charge in [0.25, 0.3) is 5.91 Å². The lowest BCUT2D eigenvalue weighted by Gasteiger charge is -2.10. The molecule has 0 saturated carbocycles. The van der Waals surface area contributed by atoms with Gasteiger partial charge in [-0.25, -0.2) is 0 Å². The highest BCUT2D eigenvalue weighted by atomic mass is 79.9. The van der Waals surface area contributed by atoms with Crippen molar-refractivity contribution in [2.75, 3.05) is 18.5 Å². The average Bonchev–Trinajstić information content (AvgIpc) is 2.19. The van der Waals surface area contributed by atoms with Crippen molar-refractivity contribution in [2.24, 2.45) is 0 Å². The van der Waals surface area contributed by atoms with Crippen LogP contribution in [0.25, 0.3) is 0 Å². The van der Waals surface area contributed by atoms with Crippen molar-refractivity contribution in [3.8, 4) is 0 Å². The van der Waals surface area contributed by atoms with E-state index in [1.807, 2.05) is 0 Å². The normalized spacial score (nSPS) is 9.93. The molecule has 0 saturated heterocycles. The van der Waals surface area contributed by atoms with Gasteiger partial charge in [-0.2, -0.15) is 0 Å². The van der Waals surface area contributed by atoms with Gasteiger partial charge in [-0.3, -0.25) is 4.79 Å². The Morgan fingerprint density at radius 2 is 2.07 bits per heavy atom. The molecule has 1 aromatic carbocycles. The first-order valence-corrected chi connectivity index (χ1v) is 4.91. The van der Waals surface area contributed by atoms with Gasteiger partial charge in [0.05, 0.1) is 26.4 Å². The maximum Gasteiger partial charge on any atom is 0.253 e. The smallest absolute Gasteiger partial charge is 0.253 e. The number of amides is 1. The number of carbonyl (C=O) groups excluding carboxylic acids is 1. The lowest BCUT2D eigenvalue weighted by atomic mass is 10.1. The molecule has 0 aliphatic carbocycles. The van der Waals surface area contributed by atoms with Crippen LogP contribution in [-0.4, -0.2) is 13.0 Å². The van der Waals surface area contributed by atoms with E-state index in [1.54, 1.807) is 0 Å². The molecule has 0 atom stereocenters. The zero-order valence-electron chi connectivity index (χ0n) is 7.40. The van der Waals surface area contributed by atoms with Crippen LogP contribution in [-0.2, 0) is 0 Å². The fourth-order valence-electron chi connectivity index (χ4n) is 0.982. The third kappa shape index (κ3) is 1.78. The Morgan fingerprint density at radius 3 is 2.57 bits per heavy atom. The Balaban J connectivity index is 3.40. The summed E-state index contributed by atoms with van der Waals surface area (Å²) in [6.07, 6.45) is 0. The molecular weight excluding hydrogens is 269 g/mol. The van der Waals surface area contributed by atoms with Crippen LogP contribution in [0.2, 0.25) is 5.02 Å². The summed E-state index contributed by atoms with van der Waals surface area (Å²) >= 11 is 9.00. The summed E-state index contributed by atoms with van der Waals surface area (Å²) in [4.78, 5) is 11.3. The number of anilines is 2. The van der Waals surface area contributed by atoms with E-state index in [0.29, 0.717) is 9.50 Å². The molecular formula is C8H9BrClN3O. The molecule has 1 rings (SSSR count). The first kappa shape index (κ1) is 11.1. The monoisotopic (exact) mass is 277 g/mol. The summed E-state index contributed by atoms with van der Waals surface area (Å²) in [5, 5.41) is 2.80. The molecule has 76 valence electrons. The Kier molecular flexibility index (Phi) is 3.23. The lowest BCUT2D eigenvalue weighted by molar-refractivity contribution is 0.0964. The van der Waals surface area contributed by atoms with Crippen LogP contribution in [0, 0.1) is 0 Å². The number of hydrogen-bond acceptors (Lipinski definition) is 3. The van der Waals surface area contributed by atoms with E-state index in [4.69, 9.17) is 23.1 Å². The SMILES string of the molecule is CNC(=O)c1cc(Cl)c(Br)c(N)c1N. The molecule has 0 heterocycles. The number of benzene rings is 1. The van der Waals surface area contributed by atoms with Crippen molar-refractivity contribution in [2.45, 2.75) is 0 Å². The van der Waals surface area contributed by atoms with Gasteiger partial charge < -0.3 is 16.8 Å². The topological polar surface area (TPSA) is 81.1 Å². The molecule has 1 amide bonds. The lowest BCUT2D eigenvalue weighted by Crippen LogP contribution is -2.20. The third-order valence-electron chi connectivity index (χ3n) is 1.77. The van der Waals surface area contributed by atoms with Gasteiger partial charge in [-0.15, -0.1) is 0 Å². The second-order valence-electron chi connectivity index (χ2n) is 2.63. The van der Waals surface area contributed by atoms with Crippen molar-refractivity contribution in [3.63, 3.8) is 0 Å². The zero-order chi connectivity index (χ0) is 10.9. The number of halogens is 2. The van der Waals surface area contributed by atoms with Crippen molar-refractivity contribution in [1.29, 1.82) is 0 Å². The van der Waals surface area contributed by atoms with Crippen molar-refractivity contribution in [1.82, 2.24) is 5.32 Å². The minimum atomic E-state index is -0.316. The van der Waals surface area contributed by atoms with Crippen molar-refractivity contribution in [3.05, 3.63) is 21.1 Å². The van der Waals surface area contributed by atoms with Crippen LogP contribution >= 0.6 is 27.5 Å². The van der Waals surface area contributed by atoms with E-state index >= 15 is 0 Å². The summed E-state index contributed by atoms with van der Waals surface area (Å²) < 4.78 is 0.504. The molecule has 5 N–H and O–H groups in total. The van der Waals surface area contributed by atoms with Crippen LogP contribution in [0.4, 0.5) is 11.4 Å². The second kappa shape index (κ2) is 4.06. The van der Waals surface area contributed by atoms with Crippen LogP contribution in [0.1, 0.15) is 10.4 Å².